The van der Waals surface area contributed by atoms with Crippen molar-refractivity contribution < 1.29 is 17.5 Å². The first-order valence-electron chi connectivity index (χ1n) is 9.84. The highest BCUT2D eigenvalue weighted by molar-refractivity contribution is 14.0. The Labute approximate surface area is 190 Å². The summed E-state index contributed by atoms with van der Waals surface area (Å²) < 4.78 is 45.3. The van der Waals surface area contributed by atoms with Crippen LogP contribution in [-0.4, -0.2) is 59.0 Å². The first-order valence-corrected chi connectivity index (χ1v) is 11.5. The van der Waals surface area contributed by atoms with E-state index in [0.717, 1.165) is 24.8 Å². The fraction of sp³-hybridized carbons (Fsp3) is 0.632. The molecular formula is C19H32FIN4O3S. The lowest BCUT2D eigenvalue weighted by Crippen LogP contribution is -2.39. The third-order valence-corrected chi connectivity index (χ3v) is 5.72. The zero-order valence-corrected chi connectivity index (χ0v) is 20.0. The molecule has 1 aromatic rings. The first kappa shape index (κ1) is 26.1. The molecule has 1 saturated heterocycles. The summed E-state index contributed by atoms with van der Waals surface area (Å²) in [4.78, 5) is 4.32. The third-order valence-electron chi connectivity index (χ3n) is 4.40. The average Bonchev–Trinajstić information content (AvgIpc) is 2.69. The van der Waals surface area contributed by atoms with E-state index in [2.05, 4.69) is 20.3 Å². The van der Waals surface area contributed by atoms with Crippen LogP contribution >= 0.6 is 24.0 Å². The highest BCUT2D eigenvalue weighted by Crippen LogP contribution is 2.11. The first-order chi connectivity index (χ1) is 13.5. The molecule has 1 aliphatic heterocycles. The van der Waals surface area contributed by atoms with Crippen LogP contribution in [0.2, 0.25) is 0 Å². The molecule has 7 nitrogen and oxygen atoms in total. The van der Waals surface area contributed by atoms with Gasteiger partial charge in [0.25, 0.3) is 0 Å². The Morgan fingerprint density at radius 1 is 1.24 bits per heavy atom. The van der Waals surface area contributed by atoms with Crippen LogP contribution in [0.4, 0.5) is 4.39 Å². The summed E-state index contributed by atoms with van der Waals surface area (Å²) in [7, 11) is -3.39. The van der Waals surface area contributed by atoms with Gasteiger partial charge in [-0.2, -0.15) is 0 Å². The number of benzene rings is 1. The van der Waals surface area contributed by atoms with E-state index in [9.17, 15) is 12.8 Å². The number of guanidine groups is 1. The van der Waals surface area contributed by atoms with E-state index in [1.165, 1.54) is 12.1 Å². The van der Waals surface area contributed by atoms with Gasteiger partial charge in [0.15, 0.2) is 5.96 Å². The van der Waals surface area contributed by atoms with Crippen molar-refractivity contribution >= 4 is 40.0 Å². The summed E-state index contributed by atoms with van der Waals surface area (Å²) in [6.45, 7) is 4.41. The van der Waals surface area contributed by atoms with E-state index in [1.807, 2.05) is 6.92 Å². The molecule has 2 rings (SSSR count). The van der Waals surface area contributed by atoms with Gasteiger partial charge in [-0.15, -0.1) is 24.0 Å². The Balaban J connectivity index is 0.00000420. The molecule has 0 aromatic heterocycles. The summed E-state index contributed by atoms with van der Waals surface area (Å²) in [5.41, 5.74) is 1.02. The number of halogens is 2. The number of nitrogens with zero attached hydrogens (tertiary/aromatic N) is 1. The number of hydrogen-bond acceptors (Lipinski definition) is 4. The normalized spacial score (nSPS) is 17.4. The van der Waals surface area contributed by atoms with Gasteiger partial charge in [0.1, 0.15) is 5.82 Å². The van der Waals surface area contributed by atoms with Gasteiger partial charge in [0.05, 0.1) is 18.4 Å². The Morgan fingerprint density at radius 3 is 2.66 bits per heavy atom. The number of ether oxygens (including phenoxy) is 1. The number of aliphatic imine (C=N–C) groups is 1. The van der Waals surface area contributed by atoms with Crippen molar-refractivity contribution in [3.05, 3.63) is 35.6 Å². The number of sulfonamides is 1. The maximum Gasteiger partial charge on any atom is 0.213 e. The standard InChI is InChI=1S/C19H31FN4O3S.HI/c1-2-21-19(22-11-10-16-6-8-17(20)9-7-16)23-12-14-28(25,26)24-15-18-5-3-4-13-27-18;/h6-9,18,24H,2-5,10-15H2,1H3,(H2,21,22,23);1H. The van der Waals surface area contributed by atoms with Gasteiger partial charge in [0.2, 0.25) is 10.0 Å². The van der Waals surface area contributed by atoms with Crippen molar-refractivity contribution in [2.75, 3.05) is 38.5 Å². The van der Waals surface area contributed by atoms with E-state index in [1.54, 1.807) is 12.1 Å². The highest BCUT2D eigenvalue weighted by Gasteiger charge is 2.17. The molecule has 166 valence electrons. The van der Waals surface area contributed by atoms with Gasteiger partial charge in [-0.25, -0.2) is 17.5 Å². The van der Waals surface area contributed by atoms with E-state index < -0.39 is 10.0 Å². The maximum absolute atomic E-state index is 12.9. The molecule has 10 heteroatoms. The van der Waals surface area contributed by atoms with Gasteiger partial charge in [-0.05, 0) is 50.3 Å². The maximum atomic E-state index is 12.9. The molecular weight excluding hydrogens is 510 g/mol. The Morgan fingerprint density at radius 2 is 2.00 bits per heavy atom. The number of rotatable bonds is 10. The Hall–Kier alpha value is -0.980. The van der Waals surface area contributed by atoms with Crippen molar-refractivity contribution in [1.29, 1.82) is 0 Å². The molecule has 1 aromatic carbocycles. The van der Waals surface area contributed by atoms with Crippen molar-refractivity contribution in [3.8, 4) is 0 Å². The quantitative estimate of drug-likeness (QED) is 0.239. The van der Waals surface area contributed by atoms with E-state index in [0.29, 0.717) is 38.6 Å². The van der Waals surface area contributed by atoms with Crippen LogP contribution in [0.5, 0.6) is 0 Å². The van der Waals surface area contributed by atoms with Crippen LogP contribution in [0.25, 0.3) is 0 Å². The summed E-state index contributed by atoms with van der Waals surface area (Å²) in [6, 6.07) is 6.36. The van der Waals surface area contributed by atoms with Gasteiger partial charge >= 0.3 is 0 Å². The SMILES string of the molecule is CCNC(=NCCS(=O)(=O)NCC1CCCCO1)NCCc1ccc(F)cc1.I. The lowest BCUT2D eigenvalue weighted by molar-refractivity contribution is 0.0200. The molecule has 1 aliphatic rings. The van der Waals surface area contributed by atoms with Crippen molar-refractivity contribution in [3.63, 3.8) is 0 Å². The van der Waals surface area contributed by atoms with Gasteiger partial charge < -0.3 is 15.4 Å². The Kier molecular flexibility index (Phi) is 12.7. The van der Waals surface area contributed by atoms with Crippen LogP contribution in [0.3, 0.4) is 0 Å². The lowest BCUT2D eigenvalue weighted by Gasteiger charge is -2.22. The second-order valence-corrected chi connectivity index (χ2v) is 8.65. The predicted molar refractivity (Wildman–Crippen MR) is 125 cm³/mol. The summed E-state index contributed by atoms with van der Waals surface area (Å²) in [6.07, 6.45) is 3.69. The van der Waals surface area contributed by atoms with Gasteiger partial charge in [0, 0.05) is 26.2 Å². The van der Waals surface area contributed by atoms with Crippen LogP contribution in [0.1, 0.15) is 31.7 Å². The minimum Gasteiger partial charge on any atom is -0.377 e. The second kappa shape index (κ2) is 14.1. The highest BCUT2D eigenvalue weighted by atomic mass is 127. The van der Waals surface area contributed by atoms with Crippen LogP contribution < -0.4 is 15.4 Å². The van der Waals surface area contributed by atoms with Crippen molar-refractivity contribution in [2.24, 2.45) is 4.99 Å². The predicted octanol–water partition coefficient (Wildman–Crippen LogP) is 2.03. The van der Waals surface area contributed by atoms with Gasteiger partial charge in [-0.3, -0.25) is 4.99 Å². The van der Waals surface area contributed by atoms with E-state index in [-0.39, 0.29) is 48.2 Å². The smallest absolute Gasteiger partial charge is 0.213 e. The largest absolute Gasteiger partial charge is 0.377 e. The fourth-order valence-electron chi connectivity index (χ4n) is 2.86. The molecule has 1 fully saturated rings. The minimum atomic E-state index is -3.39. The number of nitrogens with one attached hydrogen (secondary N) is 3. The molecule has 0 spiro atoms. The molecule has 1 unspecified atom stereocenters. The molecule has 1 atom stereocenters. The van der Waals surface area contributed by atoms with Crippen LogP contribution in [0, 0.1) is 5.82 Å². The van der Waals surface area contributed by atoms with Crippen LogP contribution in [-0.2, 0) is 21.2 Å². The zero-order valence-electron chi connectivity index (χ0n) is 16.8. The van der Waals surface area contributed by atoms with E-state index >= 15 is 0 Å². The summed E-state index contributed by atoms with van der Waals surface area (Å²) >= 11 is 0. The lowest BCUT2D eigenvalue weighted by atomic mass is 10.1. The fourth-order valence-corrected chi connectivity index (χ4v) is 3.77. The number of hydrogen-bond donors (Lipinski definition) is 3. The second-order valence-electron chi connectivity index (χ2n) is 6.72. The molecule has 1 heterocycles. The van der Waals surface area contributed by atoms with Crippen molar-refractivity contribution in [2.45, 2.75) is 38.7 Å². The Bertz CT molecular complexity index is 711. The molecule has 0 saturated carbocycles. The summed E-state index contributed by atoms with van der Waals surface area (Å²) in [5, 5.41) is 6.26. The minimum absolute atomic E-state index is 0. The average molecular weight is 542 g/mol. The molecule has 3 N–H and O–H groups in total. The monoisotopic (exact) mass is 542 g/mol. The topological polar surface area (TPSA) is 91.8 Å². The molecule has 0 radical (unpaired) electrons. The third kappa shape index (κ3) is 11.1. The van der Waals surface area contributed by atoms with E-state index in [4.69, 9.17) is 4.74 Å². The molecule has 0 bridgehead atoms. The molecule has 0 amide bonds. The van der Waals surface area contributed by atoms with Crippen molar-refractivity contribution in [1.82, 2.24) is 15.4 Å². The molecule has 0 aliphatic carbocycles. The molecule has 29 heavy (non-hydrogen) atoms. The summed E-state index contributed by atoms with van der Waals surface area (Å²) in [5.74, 6) is 0.237. The van der Waals surface area contributed by atoms with Gasteiger partial charge in [-0.1, -0.05) is 12.1 Å². The van der Waals surface area contributed by atoms with Crippen LogP contribution in [0.15, 0.2) is 29.3 Å². The zero-order chi connectivity index (χ0) is 20.2.